The average Bonchev–Trinajstić information content (AvgIpc) is 2.40. The van der Waals surface area contributed by atoms with Gasteiger partial charge in [0.2, 0.25) is 5.91 Å². The zero-order chi connectivity index (χ0) is 15.4. The highest BCUT2D eigenvalue weighted by Gasteiger charge is 2.22. The van der Waals surface area contributed by atoms with Crippen LogP contribution in [0.25, 0.3) is 0 Å². The summed E-state index contributed by atoms with van der Waals surface area (Å²) in [6, 6.07) is -0.479. The summed E-state index contributed by atoms with van der Waals surface area (Å²) in [5.74, 6) is 0.872. The van der Waals surface area contributed by atoms with Gasteiger partial charge >= 0.3 is 0 Å². The van der Waals surface area contributed by atoms with Crippen molar-refractivity contribution in [2.75, 3.05) is 14.2 Å². The number of aromatic nitrogens is 1. The third-order valence-corrected chi connectivity index (χ3v) is 3.52. The van der Waals surface area contributed by atoms with Gasteiger partial charge in [-0.1, -0.05) is 13.8 Å². The van der Waals surface area contributed by atoms with Gasteiger partial charge in [0, 0.05) is 24.4 Å². The number of carbonyl (C=O) groups excluding carboxylic acids is 1. The number of likely N-dealkylation sites (N-methyl/N-ethyl adjacent to an activating group) is 1. The number of amides is 1. The van der Waals surface area contributed by atoms with Crippen molar-refractivity contribution in [2.24, 2.45) is 11.7 Å². The Labute approximate surface area is 133 Å². The van der Waals surface area contributed by atoms with Gasteiger partial charge in [0.1, 0.15) is 5.75 Å². The Balaban J connectivity index is 0.00000400. The zero-order valence-electron chi connectivity index (χ0n) is 13.6. The Morgan fingerprint density at radius 1 is 1.43 bits per heavy atom. The summed E-state index contributed by atoms with van der Waals surface area (Å²) in [5.41, 5.74) is 8.68. The van der Waals surface area contributed by atoms with Crippen LogP contribution in [0.1, 0.15) is 30.7 Å². The van der Waals surface area contributed by atoms with Crippen molar-refractivity contribution >= 4 is 18.3 Å². The predicted molar refractivity (Wildman–Crippen MR) is 86.8 cm³/mol. The molecule has 2 N–H and O–H groups in total. The predicted octanol–water partition coefficient (Wildman–Crippen LogP) is 2.07. The van der Waals surface area contributed by atoms with E-state index < -0.39 is 6.04 Å². The molecule has 1 atom stereocenters. The molecule has 1 amide bonds. The van der Waals surface area contributed by atoms with E-state index in [0.717, 1.165) is 22.6 Å². The number of rotatable bonds is 5. The number of nitrogens with zero attached hydrogens (tertiary/aromatic N) is 2. The fourth-order valence-electron chi connectivity index (χ4n) is 2.07. The minimum atomic E-state index is -0.479. The average molecular weight is 316 g/mol. The van der Waals surface area contributed by atoms with Crippen LogP contribution in [0.15, 0.2) is 6.20 Å². The lowest BCUT2D eigenvalue weighted by atomic mass is 10.0. The molecule has 5 nitrogen and oxygen atoms in total. The molecule has 0 aromatic carbocycles. The lowest BCUT2D eigenvalue weighted by Gasteiger charge is -2.24. The first kappa shape index (κ1) is 19.7. The van der Waals surface area contributed by atoms with Gasteiger partial charge in [-0.3, -0.25) is 9.78 Å². The summed E-state index contributed by atoms with van der Waals surface area (Å²) >= 11 is 0. The molecule has 6 heteroatoms. The van der Waals surface area contributed by atoms with Crippen LogP contribution in [0.5, 0.6) is 5.75 Å². The van der Waals surface area contributed by atoms with Gasteiger partial charge in [-0.2, -0.15) is 0 Å². The van der Waals surface area contributed by atoms with E-state index in [2.05, 4.69) is 4.98 Å². The minimum absolute atomic E-state index is 0. The van der Waals surface area contributed by atoms with Gasteiger partial charge in [0.05, 0.1) is 25.4 Å². The molecule has 0 fully saturated rings. The van der Waals surface area contributed by atoms with Crippen LogP contribution in [0.2, 0.25) is 0 Å². The van der Waals surface area contributed by atoms with E-state index in [1.165, 1.54) is 0 Å². The smallest absolute Gasteiger partial charge is 0.239 e. The van der Waals surface area contributed by atoms with Gasteiger partial charge in [0.25, 0.3) is 0 Å². The molecule has 120 valence electrons. The standard InChI is InChI=1S/C15H25N3O2.ClH/c1-9(2)13(16)15(19)18(5)8-12-11(4)14(20-6)10(3)7-17-12;/h7,9,13H,8,16H2,1-6H3;1H/t13-;/m0./s1. The van der Waals surface area contributed by atoms with Crippen LogP contribution in [0, 0.1) is 19.8 Å². The van der Waals surface area contributed by atoms with Crippen molar-refractivity contribution in [1.29, 1.82) is 0 Å². The van der Waals surface area contributed by atoms with Crippen molar-refractivity contribution < 1.29 is 9.53 Å². The van der Waals surface area contributed by atoms with Crippen molar-refractivity contribution in [3.05, 3.63) is 23.0 Å². The highest BCUT2D eigenvalue weighted by molar-refractivity contribution is 5.85. The molecule has 1 heterocycles. The van der Waals surface area contributed by atoms with Gasteiger partial charge in [-0.05, 0) is 19.8 Å². The van der Waals surface area contributed by atoms with Crippen molar-refractivity contribution in [3.8, 4) is 5.75 Å². The zero-order valence-corrected chi connectivity index (χ0v) is 14.5. The molecular weight excluding hydrogens is 290 g/mol. The van der Waals surface area contributed by atoms with Gasteiger partial charge in [0.15, 0.2) is 0 Å². The largest absolute Gasteiger partial charge is 0.496 e. The summed E-state index contributed by atoms with van der Waals surface area (Å²) in [5, 5.41) is 0. The number of aryl methyl sites for hydroxylation is 1. The normalized spacial score (nSPS) is 11.8. The number of hydrogen-bond donors (Lipinski definition) is 1. The molecule has 0 aliphatic carbocycles. The SMILES string of the molecule is COc1c(C)cnc(CN(C)C(=O)[C@@H](N)C(C)C)c1C.Cl. The maximum absolute atomic E-state index is 12.2. The van der Waals surface area contributed by atoms with Gasteiger partial charge in [-0.15, -0.1) is 12.4 Å². The Morgan fingerprint density at radius 3 is 2.48 bits per heavy atom. The number of pyridine rings is 1. The first-order valence-electron chi connectivity index (χ1n) is 6.79. The molecule has 0 bridgehead atoms. The van der Waals surface area contributed by atoms with E-state index in [4.69, 9.17) is 10.5 Å². The molecule has 0 radical (unpaired) electrons. The molecule has 0 aliphatic heterocycles. The van der Waals surface area contributed by atoms with E-state index in [0.29, 0.717) is 6.54 Å². The van der Waals surface area contributed by atoms with E-state index in [9.17, 15) is 4.79 Å². The Morgan fingerprint density at radius 2 is 2.00 bits per heavy atom. The van der Waals surface area contributed by atoms with Crippen molar-refractivity contribution in [2.45, 2.75) is 40.3 Å². The lowest BCUT2D eigenvalue weighted by Crippen LogP contribution is -2.44. The monoisotopic (exact) mass is 315 g/mol. The Kier molecular flexibility index (Phi) is 7.68. The fourth-order valence-corrected chi connectivity index (χ4v) is 2.07. The van der Waals surface area contributed by atoms with Crippen LogP contribution in [0.3, 0.4) is 0 Å². The number of nitrogens with two attached hydrogens (primary N) is 1. The number of hydrogen-bond acceptors (Lipinski definition) is 4. The van der Waals surface area contributed by atoms with Crippen LogP contribution in [-0.4, -0.2) is 36.0 Å². The van der Waals surface area contributed by atoms with Crippen LogP contribution in [0.4, 0.5) is 0 Å². The highest BCUT2D eigenvalue weighted by atomic mass is 35.5. The maximum Gasteiger partial charge on any atom is 0.239 e. The second-order valence-corrected chi connectivity index (χ2v) is 5.51. The second-order valence-electron chi connectivity index (χ2n) is 5.51. The van der Waals surface area contributed by atoms with E-state index in [-0.39, 0.29) is 24.2 Å². The number of carbonyl (C=O) groups is 1. The Bertz CT molecular complexity index is 492. The summed E-state index contributed by atoms with van der Waals surface area (Å²) in [7, 11) is 3.39. The summed E-state index contributed by atoms with van der Waals surface area (Å²) in [6.45, 7) is 8.21. The van der Waals surface area contributed by atoms with Crippen molar-refractivity contribution in [3.63, 3.8) is 0 Å². The molecule has 0 spiro atoms. The molecule has 0 saturated heterocycles. The number of ether oxygens (including phenoxy) is 1. The summed E-state index contributed by atoms with van der Waals surface area (Å²) in [6.07, 6.45) is 1.77. The van der Waals surface area contributed by atoms with Crippen LogP contribution < -0.4 is 10.5 Å². The molecule has 1 aromatic rings. The first-order chi connectivity index (χ1) is 9.29. The van der Waals surface area contributed by atoms with Crippen LogP contribution >= 0.6 is 12.4 Å². The molecule has 21 heavy (non-hydrogen) atoms. The van der Waals surface area contributed by atoms with Gasteiger partial charge < -0.3 is 15.4 Å². The minimum Gasteiger partial charge on any atom is -0.496 e. The molecule has 0 saturated carbocycles. The molecular formula is C15H26ClN3O2. The highest BCUT2D eigenvalue weighted by Crippen LogP contribution is 2.24. The van der Waals surface area contributed by atoms with Crippen LogP contribution in [-0.2, 0) is 11.3 Å². The van der Waals surface area contributed by atoms with Gasteiger partial charge in [-0.25, -0.2) is 0 Å². The lowest BCUT2D eigenvalue weighted by molar-refractivity contribution is -0.132. The fraction of sp³-hybridized carbons (Fsp3) is 0.600. The topological polar surface area (TPSA) is 68.5 Å². The third kappa shape index (κ3) is 4.58. The number of methoxy groups -OCH3 is 1. The second kappa shape index (κ2) is 8.20. The Hall–Kier alpha value is -1.33. The van der Waals surface area contributed by atoms with E-state index in [1.54, 1.807) is 25.3 Å². The van der Waals surface area contributed by atoms with E-state index >= 15 is 0 Å². The molecule has 0 aliphatic rings. The maximum atomic E-state index is 12.2. The quantitative estimate of drug-likeness (QED) is 0.903. The summed E-state index contributed by atoms with van der Waals surface area (Å²) in [4.78, 5) is 18.2. The molecule has 1 aromatic heterocycles. The first-order valence-corrected chi connectivity index (χ1v) is 6.79. The number of halogens is 1. The summed E-state index contributed by atoms with van der Waals surface area (Å²) < 4.78 is 5.38. The third-order valence-electron chi connectivity index (χ3n) is 3.52. The van der Waals surface area contributed by atoms with Crippen molar-refractivity contribution in [1.82, 2.24) is 9.88 Å². The van der Waals surface area contributed by atoms with E-state index in [1.807, 2.05) is 27.7 Å². The molecule has 1 rings (SSSR count). The molecule has 0 unspecified atom stereocenters.